The van der Waals surface area contributed by atoms with Crippen molar-refractivity contribution in [3.8, 4) is 11.6 Å². The highest BCUT2D eigenvalue weighted by molar-refractivity contribution is 5.76. The molecule has 0 unspecified atom stereocenters. The molecule has 29 heavy (non-hydrogen) atoms. The molecule has 0 saturated carbocycles. The van der Waals surface area contributed by atoms with Crippen molar-refractivity contribution in [2.45, 2.75) is 39.2 Å². The standard InChI is InChI=1S/C21H27N5O3/c1-14-18(23-13-24-19(14)29-16-6-4-9-22-15(16)2)26-11-8-21(20(27)28)7-5-10-25(3)17(21)12-26/h4,6,9,13,17H,5,7-8,10-12H2,1-3H3,(H,27,28)/t17-,21+/m1/s1. The van der Waals surface area contributed by atoms with Crippen LogP contribution in [0, 0.1) is 19.3 Å². The van der Waals surface area contributed by atoms with Gasteiger partial charge in [-0.25, -0.2) is 9.97 Å². The molecular weight excluding hydrogens is 370 g/mol. The molecule has 2 aliphatic heterocycles. The van der Waals surface area contributed by atoms with Gasteiger partial charge in [0, 0.05) is 25.3 Å². The molecule has 154 valence electrons. The van der Waals surface area contributed by atoms with Crippen LogP contribution in [0.1, 0.15) is 30.5 Å². The van der Waals surface area contributed by atoms with Gasteiger partial charge in [0.1, 0.15) is 12.1 Å². The Kier molecular flexibility index (Phi) is 5.12. The lowest BCUT2D eigenvalue weighted by molar-refractivity contribution is -0.158. The summed E-state index contributed by atoms with van der Waals surface area (Å²) in [5, 5.41) is 9.99. The number of hydrogen-bond acceptors (Lipinski definition) is 7. The summed E-state index contributed by atoms with van der Waals surface area (Å²) in [6.07, 6.45) is 5.51. The zero-order chi connectivity index (χ0) is 20.6. The van der Waals surface area contributed by atoms with Gasteiger partial charge in [-0.2, -0.15) is 0 Å². The summed E-state index contributed by atoms with van der Waals surface area (Å²) in [4.78, 5) is 29.6. The third-order valence-corrected chi connectivity index (χ3v) is 6.43. The van der Waals surface area contributed by atoms with Crippen molar-refractivity contribution in [2.75, 3.05) is 31.6 Å². The van der Waals surface area contributed by atoms with E-state index in [0.717, 1.165) is 36.5 Å². The number of anilines is 1. The van der Waals surface area contributed by atoms with E-state index in [1.165, 1.54) is 6.33 Å². The number of likely N-dealkylation sites (tertiary alicyclic amines) is 1. The Balaban J connectivity index is 1.61. The van der Waals surface area contributed by atoms with Gasteiger partial charge in [0.2, 0.25) is 5.88 Å². The van der Waals surface area contributed by atoms with Crippen LogP contribution in [0.15, 0.2) is 24.7 Å². The van der Waals surface area contributed by atoms with Crippen LogP contribution in [0.4, 0.5) is 5.82 Å². The number of aryl methyl sites for hydroxylation is 1. The maximum atomic E-state index is 12.2. The van der Waals surface area contributed by atoms with Crippen molar-refractivity contribution in [1.29, 1.82) is 0 Å². The molecule has 4 rings (SSSR count). The smallest absolute Gasteiger partial charge is 0.311 e. The average molecular weight is 397 g/mol. The van der Waals surface area contributed by atoms with Crippen LogP contribution in [0.3, 0.4) is 0 Å². The molecule has 0 amide bonds. The minimum absolute atomic E-state index is 0.0400. The first-order valence-corrected chi connectivity index (χ1v) is 10.0. The fraction of sp³-hybridized carbons (Fsp3) is 0.524. The van der Waals surface area contributed by atoms with E-state index in [1.54, 1.807) is 6.20 Å². The summed E-state index contributed by atoms with van der Waals surface area (Å²) in [5.41, 5.74) is 0.966. The number of carboxylic acids is 1. The first kappa shape index (κ1) is 19.6. The molecule has 8 nitrogen and oxygen atoms in total. The fourth-order valence-corrected chi connectivity index (χ4v) is 4.71. The van der Waals surface area contributed by atoms with Gasteiger partial charge < -0.3 is 19.6 Å². The Morgan fingerprint density at radius 3 is 2.83 bits per heavy atom. The van der Waals surface area contributed by atoms with Crippen LogP contribution >= 0.6 is 0 Å². The molecule has 4 heterocycles. The number of carboxylic acid groups (broad SMARTS) is 1. The summed E-state index contributed by atoms with van der Waals surface area (Å²) in [7, 11) is 2.03. The van der Waals surface area contributed by atoms with Crippen LogP contribution in [0.5, 0.6) is 11.6 Å². The largest absolute Gasteiger partial charge is 0.481 e. The molecule has 2 aromatic heterocycles. The van der Waals surface area contributed by atoms with Crippen molar-refractivity contribution >= 4 is 11.8 Å². The maximum Gasteiger partial charge on any atom is 0.311 e. The van der Waals surface area contributed by atoms with E-state index in [1.807, 2.05) is 33.0 Å². The Labute approximate surface area is 170 Å². The molecule has 0 radical (unpaired) electrons. The number of carbonyl (C=O) groups is 1. The summed E-state index contributed by atoms with van der Waals surface area (Å²) in [5.74, 6) is 1.28. The monoisotopic (exact) mass is 397 g/mol. The Hall–Kier alpha value is -2.74. The predicted molar refractivity (Wildman–Crippen MR) is 108 cm³/mol. The quantitative estimate of drug-likeness (QED) is 0.842. The molecule has 8 heteroatoms. The number of nitrogens with zero attached hydrogens (tertiary/aromatic N) is 5. The maximum absolute atomic E-state index is 12.2. The van der Waals surface area contributed by atoms with E-state index in [-0.39, 0.29) is 6.04 Å². The molecule has 2 atom stereocenters. The van der Waals surface area contributed by atoms with Crippen LogP contribution in [-0.2, 0) is 4.79 Å². The van der Waals surface area contributed by atoms with Crippen molar-refractivity contribution in [3.63, 3.8) is 0 Å². The summed E-state index contributed by atoms with van der Waals surface area (Å²) in [6, 6.07) is 3.65. The molecule has 0 bridgehead atoms. The lowest BCUT2D eigenvalue weighted by Crippen LogP contribution is -2.63. The highest BCUT2D eigenvalue weighted by atomic mass is 16.5. The van der Waals surface area contributed by atoms with Crippen LogP contribution < -0.4 is 9.64 Å². The molecule has 1 N–H and O–H groups in total. The van der Waals surface area contributed by atoms with Gasteiger partial charge in [-0.3, -0.25) is 9.78 Å². The lowest BCUT2D eigenvalue weighted by atomic mass is 9.68. The number of piperidine rings is 2. The van der Waals surface area contributed by atoms with Crippen molar-refractivity contribution in [1.82, 2.24) is 19.9 Å². The van der Waals surface area contributed by atoms with Gasteiger partial charge >= 0.3 is 5.97 Å². The number of likely N-dealkylation sites (N-methyl/N-ethyl adjacent to an activating group) is 1. The second-order valence-corrected chi connectivity index (χ2v) is 8.07. The number of ether oxygens (including phenoxy) is 1. The first-order valence-electron chi connectivity index (χ1n) is 10.0. The van der Waals surface area contributed by atoms with E-state index in [9.17, 15) is 9.90 Å². The molecule has 0 aliphatic carbocycles. The SMILES string of the molecule is Cc1ncccc1Oc1ncnc(N2CC[C@@]3(C(=O)O)CCCN(C)[C@@H]3C2)c1C. The zero-order valence-corrected chi connectivity index (χ0v) is 17.1. The van der Waals surface area contributed by atoms with Gasteiger partial charge in [-0.05, 0) is 58.8 Å². The molecule has 2 fully saturated rings. The highest BCUT2D eigenvalue weighted by Crippen LogP contribution is 2.43. The molecule has 0 spiro atoms. The molecular formula is C21H27N5O3. The van der Waals surface area contributed by atoms with E-state index < -0.39 is 11.4 Å². The second-order valence-electron chi connectivity index (χ2n) is 8.07. The second kappa shape index (κ2) is 7.59. The Bertz CT molecular complexity index is 921. The van der Waals surface area contributed by atoms with E-state index in [0.29, 0.717) is 31.1 Å². The lowest BCUT2D eigenvalue weighted by Gasteiger charge is -2.52. The third kappa shape index (κ3) is 3.42. The number of aromatic nitrogens is 3. The van der Waals surface area contributed by atoms with Crippen molar-refractivity contribution in [2.24, 2.45) is 5.41 Å². The van der Waals surface area contributed by atoms with Gasteiger partial charge in [0.15, 0.2) is 5.75 Å². The first-order chi connectivity index (χ1) is 13.9. The average Bonchev–Trinajstić information content (AvgIpc) is 2.71. The van der Waals surface area contributed by atoms with Gasteiger partial charge in [-0.1, -0.05) is 0 Å². The summed E-state index contributed by atoms with van der Waals surface area (Å²) < 4.78 is 6.01. The minimum atomic E-state index is -0.677. The van der Waals surface area contributed by atoms with Gasteiger partial charge in [0.05, 0.1) is 16.7 Å². The van der Waals surface area contributed by atoms with Gasteiger partial charge in [-0.15, -0.1) is 0 Å². The number of hydrogen-bond donors (Lipinski definition) is 1. The molecule has 0 aromatic carbocycles. The zero-order valence-electron chi connectivity index (χ0n) is 17.1. The fourth-order valence-electron chi connectivity index (χ4n) is 4.71. The number of rotatable bonds is 4. The van der Waals surface area contributed by atoms with Crippen molar-refractivity contribution in [3.05, 3.63) is 35.9 Å². The van der Waals surface area contributed by atoms with Crippen LogP contribution in [0.2, 0.25) is 0 Å². The summed E-state index contributed by atoms with van der Waals surface area (Å²) >= 11 is 0. The highest BCUT2D eigenvalue weighted by Gasteiger charge is 2.52. The molecule has 2 aromatic rings. The summed E-state index contributed by atoms with van der Waals surface area (Å²) in [6.45, 7) is 6.04. The Morgan fingerprint density at radius 2 is 2.07 bits per heavy atom. The van der Waals surface area contributed by atoms with E-state index in [4.69, 9.17) is 4.74 Å². The molecule has 2 saturated heterocycles. The minimum Gasteiger partial charge on any atom is -0.481 e. The topological polar surface area (TPSA) is 91.7 Å². The number of fused-ring (bicyclic) bond motifs is 1. The normalized spacial score (nSPS) is 24.8. The number of aliphatic carboxylic acids is 1. The Morgan fingerprint density at radius 1 is 1.24 bits per heavy atom. The van der Waals surface area contributed by atoms with E-state index in [2.05, 4.69) is 24.8 Å². The van der Waals surface area contributed by atoms with Gasteiger partial charge in [0.25, 0.3) is 0 Å². The number of pyridine rings is 1. The predicted octanol–water partition coefficient (Wildman–Crippen LogP) is 2.66. The third-order valence-electron chi connectivity index (χ3n) is 6.43. The molecule has 2 aliphatic rings. The van der Waals surface area contributed by atoms with Crippen LogP contribution in [-0.4, -0.2) is 63.7 Å². The van der Waals surface area contributed by atoms with E-state index >= 15 is 0 Å². The van der Waals surface area contributed by atoms with Crippen molar-refractivity contribution < 1.29 is 14.6 Å². The van der Waals surface area contributed by atoms with Crippen LogP contribution in [0.25, 0.3) is 0 Å².